The van der Waals surface area contributed by atoms with Gasteiger partial charge in [0.25, 0.3) is 0 Å². The molecule has 0 amide bonds. The molecule has 0 aliphatic heterocycles. The number of ether oxygens (including phenoxy) is 3. The van der Waals surface area contributed by atoms with Gasteiger partial charge in [0.1, 0.15) is 11.5 Å². The maximum absolute atomic E-state index is 6.18. The first-order valence-electron chi connectivity index (χ1n) is 8.35. The lowest BCUT2D eigenvalue weighted by atomic mass is 10.0. The highest BCUT2D eigenvalue weighted by Gasteiger charge is 2.30. The highest BCUT2D eigenvalue weighted by molar-refractivity contribution is 5.39. The number of hydrogen-bond donors (Lipinski definition) is 0. The minimum absolute atomic E-state index is 0.162. The minimum atomic E-state index is -0.460. The molecule has 1 aliphatic carbocycles. The van der Waals surface area contributed by atoms with E-state index in [-0.39, 0.29) is 6.01 Å². The fourth-order valence-corrected chi connectivity index (χ4v) is 3.15. The van der Waals surface area contributed by atoms with Gasteiger partial charge in [0.2, 0.25) is 11.8 Å². The van der Waals surface area contributed by atoms with Crippen molar-refractivity contribution >= 4 is 0 Å². The van der Waals surface area contributed by atoms with E-state index in [4.69, 9.17) is 18.6 Å². The Labute approximate surface area is 151 Å². The quantitative estimate of drug-likeness (QED) is 0.713. The Hall–Kier alpha value is -3.09. The average molecular weight is 353 g/mol. The molecule has 1 unspecified atom stereocenters. The van der Waals surface area contributed by atoms with Crippen LogP contribution < -0.4 is 14.2 Å². The van der Waals surface area contributed by atoms with Crippen LogP contribution >= 0.6 is 0 Å². The summed E-state index contributed by atoms with van der Waals surface area (Å²) in [4.78, 5) is 13.1. The van der Waals surface area contributed by atoms with Gasteiger partial charge in [-0.3, -0.25) is 0 Å². The first-order valence-corrected chi connectivity index (χ1v) is 8.35. The van der Waals surface area contributed by atoms with Gasteiger partial charge in [-0.05, 0) is 12.0 Å². The fourth-order valence-electron chi connectivity index (χ4n) is 3.15. The number of methoxy groups -OCH3 is 2. The van der Waals surface area contributed by atoms with E-state index in [1.54, 1.807) is 6.07 Å². The summed E-state index contributed by atoms with van der Waals surface area (Å²) in [5, 5.41) is 0. The van der Waals surface area contributed by atoms with Crippen molar-refractivity contribution in [3.63, 3.8) is 0 Å². The predicted octanol–water partition coefficient (Wildman–Crippen LogP) is 3.06. The summed E-state index contributed by atoms with van der Waals surface area (Å²) in [6.45, 7) is 1.84. The largest absolute Gasteiger partial charge is 0.481 e. The first kappa shape index (κ1) is 16.4. The summed E-state index contributed by atoms with van der Waals surface area (Å²) in [7, 11) is 3.07. The van der Waals surface area contributed by atoms with Gasteiger partial charge < -0.3 is 18.6 Å². The second-order valence-electron chi connectivity index (χ2n) is 5.97. The Morgan fingerprint density at radius 3 is 2.46 bits per heavy atom. The van der Waals surface area contributed by atoms with Crippen LogP contribution in [0.3, 0.4) is 0 Å². The lowest BCUT2D eigenvalue weighted by Crippen LogP contribution is -2.14. The zero-order chi connectivity index (χ0) is 18.1. The van der Waals surface area contributed by atoms with Crippen LogP contribution in [0.15, 0.2) is 34.7 Å². The molecule has 26 heavy (non-hydrogen) atoms. The monoisotopic (exact) mass is 353 g/mol. The summed E-state index contributed by atoms with van der Waals surface area (Å²) in [5.74, 6) is 2.18. The van der Waals surface area contributed by atoms with Crippen molar-refractivity contribution in [1.82, 2.24) is 15.0 Å². The van der Waals surface area contributed by atoms with Crippen LogP contribution in [-0.4, -0.2) is 29.2 Å². The SMILES string of the molecule is COc1cc(OC)nc(OC2c3ccccc3CCc3oc(C)nc32)n1. The van der Waals surface area contributed by atoms with Gasteiger partial charge in [-0.2, -0.15) is 9.97 Å². The Bertz CT molecular complexity index is 916. The topological polar surface area (TPSA) is 79.5 Å². The number of fused-ring (bicyclic) bond motifs is 2. The highest BCUT2D eigenvalue weighted by Crippen LogP contribution is 2.35. The van der Waals surface area contributed by atoms with E-state index >= 15 is 0 Å². The number of aryl methyl sites for hydroxylation is 3. The van der Waals surface area contributed by atoms with Gasteiger partial charge in [0.15, 0.2) is 12.0 Å². The molecule has 1 aliphatic rings. The van der Waals surface area contributed by atoms with Gasteiger partial charge >= 0.3 is 6.01 Å². The van der Waals surface area contributed by atoms with Crippen LogP contribution in [0.2, 0.25) is 0 Å². The van der Waals surface area contributed by atoms with Gasteiger partial charge in [0.05, 0.1) is 20.3 Å². The van der Waals surface area contributed by atoms with Crippen molar-refractivity contribution in [2.75, 3.05) is 14.2 Å². The molecule has 0 saturated carbocycles. The second kappa shape index (κ2) is 6.67. The highest BCUT2D eigenvalue weighted by atomic mass is 16.5. The van der Waals surface area contributed by atoms with E-state index < -0.39 is 6.10 Å². The third-order valence-corrected chi connectivity index (χ3v) is 4.34. The smallest absolute Gasteiger partial charge is 0.324 e. The van der Waals surface area contributed by atoms with Gasteiger partial charge in [0, 0.05) is 18.9 Å². The number of hydrogen-bond acceptors (Lipinski definition) is 7. The van der Waals surface area contributed by atoms with Gasteiger partial charge in [-0.25, -0.2) is 4.98 Å². The van der Waals surface area contributed by atoms with Crippen molar-refractivity contribution in [1.29, 1.82) is 0 Å². The number of benzene rings is 1. The maximum atomic E-state index is 6.18. The Morgan fingerprint density at radius 1 is 1.00 bits per heavy atom. The number of nitrogens with zero attached hydrogens (tertiary/aromatic N) is 3. The number of rotatable bonds is 4. The minimum Gasteiger partial charge on any atom is -0.481 e. The van der Waals surface area contributed by atoms with Crippen LogP contribution in [0.4, 0.5) is 0 Å². The molecule has 2 heterocycles. The standard InChI is InChI=1S/C19H19N3O4/c1-11-20-17-14(25-11)9-8-12-6-4-5-7-13(12)18(17)26-19-21-15(23-2)10-16(22-19)24-3/h4-7,10,18H,8-9H2,1-3H3. The maximum Gasteiger partial charge on any atom is 0.324 e. The van der Waals surface area contributed by atoms with Crippen LogP contribution in [0.5, 0.6) is 17.8 Å². The van der Waals surface area contributed by atoms with E-state index in [1.807, 2.05) is 25.1 Å². The Balaban J connectivity index is 1.80. The molecule has 1 aromatic carbocycles. The van der Waals surface area contributed by atoms with E-state index in [9.17, 15) is 0 Å². The third-order valence-electron chi connectivity index (χ3n) is 4.34. The van der Waals surface area contributed by atoms with Crippen LogP contribution in [0, 0.1) is 6.92 Å². The summed E-state index contributed by atoms with van der Waals surface area (Å²) in [6.07, 6.45) is 1.17. The van der Waals surface area contributed by atoms with Crippen molar-refractivity contribution < 1.29 is 18.6 Å². The van der Waals surface area contributed by atoms with E-state index in [0.29, 0.717) is 17.7 Å². The van der Waals surface area contributed by atoms with Crippen molar-refractivity contribution in [2.45, 2.75) is 25.9 Å². The average Bonchev–Trinajstić information content (AvgIpc) is 2.98. The molecule has 7 nitrogen and oxygen atoms in total. The molecule has 7 heteroatoms. The van der Waals surface area contributed by atoms with Crippen LogP contribution in [0.1, 0.15) is 34.6 Å². The van der Waals surface area contributed by atoms with Gasteiger partial charge in [-0.1, -0.05) is 24.3 Å². The molecule has 0 radical (unpaired) electrons. The lowest BCUT2D eigenvalue weighted by molar-refractivity contribution is 0.213. The molecule has 2 aromatic heterocycles. The fraction of sp³-hybridized carbons (Fsp3) is 0.316. The zero-order valence-corrected chi connectivity index (χ0v) is 14.9. The molecule has 0 N–H and O–H groups in total. The molecule has 1 atom stereocenters. The third kappa shape index (κ3) is 2.96. The Morgan fingerprint density at radius 2 is 1.73 bits per heavy atom. The second-order valence-corrected chi connectivity index (χ2v) is 5.97. The summed E-state index contributed by atoms with van der Waals surface area (Å²) in [5.41, 5.74) is 2.99. The normalized spacial score (nSPS) is 15.6. The first-order chi connectivity index (χ1) is 12.7. The number of oxazole rings is 1. The molecule has 0 spiro atoms. The van der Waals surface area contributed by atoms with Crippen molar-refractivity contribution in [3.8, 4) is 17.8 Å². The molecule has 0 saturated heterocycles. The van der Waals surface area contributed by atoms with E-state index in [2.05, 4.69) is 21.0 Å². The van der Waals surface area contributed by atoms with E-state index in [1.165, 1.54) is 19.8 Å². The van der Waals surface area contributed by atoms with Crippen LogP contribution in [0.25, 0.3) is 0 Å². The molecule has 4 rings (SSSR count). The van der Waals surface area contributed by atoms with Gasteiger partial charge in [-0.15, -0.1) is 0 Å². The van der Waals surface area contributed by atoms with Crippen molar-refractivity contribution in [3.05, 3.63) is 58.8 Å². The van der Waals surface area contributed by atoms with Crippen LogP contribution in [-0.2, 0) is 12.8 Å². The summed E-state index contributed by atoms with van der Waals surface area (Å²) < 4.78 is 22.4. The molecular formula is C19H19N3O4. The summed E-state index contributed by atoms with van der Waals surface area (Å²) >= 11 is 0. The molecular weight excluding hydrogens is 334 g/mol. The number of aromatic nitrogens is 3. The molecule has 3 aromatic rings. The van der Waals surface area contributed by atoms with Crippen molar-refractivity contribution in [2.24, 2.45) is 0 Å². The Kier molecular flexibility index (Phi) is 4.20. The predicted molar refractivity (Wildman–Crippen MR) is 92.7 cm³/mol. The zero-order valence-electron chi connectivity index (χ0n) is 14.9. The van der Waals surface area contributed by atoms with E-state index in [0.717, 1.165) is 29.9 Å². The summed E-state index contributed by atoms with van der Waals surface area (Å²) in [6, 6.07) is 9.90. The molecule has 134 valence electrons. The lowest BCUT2D eigenvalue weighted by Gasteiger charge is -2.18. The molecule has 0 bridgehead atoms. The molecule has 0 fully saturated rings.